The number of hydrogen-bond acceptors (Lipinski definition) is 5. The van der Waals surface area contributed by atoms with Crippen LogP contribution in [0.1, 0.15) is 5.56 Å². The molecule has 2 N–H and O–H groups in total. The first kappa shape index (κ1) is 17.8. The van der Waals surface area contributed by atoms with E-state index in [1.807, 2.05) is 0 Å². The Kier molecular flexibility index (Phi) is 4.38. The van der Waals surface area contributed by atoms with E-state index in [2.05, 4.69) is 20.4 Å². The van der Waals surface area contributed by atoms with Crippen LogP contribution in [0.5, 0.6) is 11.5 Å². The van der Waals surface area contributed by atoms with Crippen LogP contribution in [-0.2, 0) is 6.18 Å². The first-order chi connectivity index (χ1) is 13.4. The summed E-state index contributed by atoms with van der Waals surface area (Å²) in [6, 6.07) is 9.74. The molecule has 4 rings (SSSR count). The lowest BCUT2D eigenvalue weighted by Gasteiger charge is -2.18. The SMILES string of the molecule is O=c1[nH][nH]c(-c2ccc3c(c2)OCCO3)c1N=Nc1ccccc1C(F)(F)F. The van der Waals surface area contributed by atoms with Crippen molar-refractivity contribution in [1.29, 1.82) is 0 Å². The second-order valence-electron chi connectivity index (χ2n) is 5.88. The molecule has 3 aromatic rings. The van der Waals surface area contributed by atoms with Crippen LogP contribution in [0.2, 0.25) is 0 Å². The Morgan fingerprint density at radius 3 is 2.46 bits per heavy atom. The van der Waals surface area contributed by atoms with Gasteiger partial charge in [0.2, 0.25) is 0 Å². The number of azo groups is 1. The van der Waals surface area contributed by atoms with Gasteiger partial charge in [0.1, 0.15) is 13.2 Å². The van der Waals surface area contributed by atoms with Crippen molar-refractivity contribution in [3.05, 3.63) is 58.4 Å². The average Bonchev–Trinajstić information content (AvgIpc) is 3.06. The highest BCUT2D eigenvalue weighted by molar-refractivity contribution is 5.73. The summed E-state index contributed by atoms with van der Waals surface area (Å²) in [4.78, 5) is 12.1. The second-order valence-corrected chi connectivity index (χ2v) is 5.88. The van der Waals surface area contributed by atoms with Gasteiger partial charge in [-0.2, -0.15) is 13.2 Å². The Morgan fingerprint density at radius 2 is 1.68 bits per heavy atom. The minimum Gasteiger partial charge on any atom is -0.486 e. The Bertz CT molecular complexity index is 1100. The standard InChI is InChI=1S/C18H13F3N4O3/c19-18(20,21)11-3-1-2-4-12(11)22-24-16-15(23-25-17(16)26)10-5-6-13-14(9-10)28-8-7-27-13/h1-6,9H,7-8H2,(H2,23,25,26). The number of benzene rings is 2. The van der Waals surface area contributed by atoms with Crippen LogP contribution in [0.4, 0.5) is 24.5 Å². The van der Waals surface area contributed by atoms with Crippen LogP contribution in [0.15, 0.2) is 57.5 Å². The van der Waals surface area contributed by atoms with E-state index in [4.69, 9.17) is 9.47 Å². The molecule has 0 radical (unpaired) electrons. The van der Waals surface area contributed by atoms with E-state index >= 15 is 0 Å². The average molecular weight is 390 g/mol. The topological polar surface area (TPSA) is 91.8 Å². The van der Waals surface area contributed by atoms with E-state index < -0.39 is 17.3 Å². The number of fused-ring (bicyclic) bond motifs is 1. The number of alkyl halides is 3. The van der Waals surface area contributed by atoms with Crippen LogP contribution >= 0.6 is 0 Å². The number of H-pyrrole nitrogens is 2. The smallest absolute Gasteiger partial charge is 0.418 e. The predicted octanol–water partition coefficient (Wildman–Crippen LogP) is 4.58. The van der Waals surface area contributed by atoms with Gasteiger partial charge in [-0.15, -0.1) is 10.2 Å². The summed E-state index contributed by atoms with van der Waals surface area (Å²) in [6.45, 7) is 0.826. The highest BCUT2D eigenvalue weighted by atomic mass is 19.4. The number of aromatic amines is 2. The molecule has 0 unspecified atom stereocenters. The van der Waals surface area contributed by atoms with Crippen LogP contribution in [0, 0.1) is 0 Å². The Labute approximate surface area is 155 Å². The number of hydrogen-bond donors (Lipinski definition) is 2. The first-order valence-corrected chi connectivity index (χ1v) is 8.22. The molecule has 144 valence electrons. The van der Waals surface area contributed by atoms with Gasteiger partial charge < -0.3 is 9.47 Å². The van der Waals surface area contributed by atoms with E-state index in [9.17, 15) is 18.0 Å². The summed E-state index contributed by atoms with van der Waals surface area (Å²) >= 11 is 0. The quantitative estimate of drug-likeness (QED) is 0.642. The second kappa shape index (κ2) is 6.87. The molecular weight excluding hydrogens is 377 g/mol. The minimum absolute atomic E-state index is 0.145. The molecule has 0 amide bonds. The summed E-state index contributed by atoms with van der Waals surface area (Å²) in [5.74, 6) is 1.06. The lowest BCUT2D eigenvalue weighted by atomic mass is 10.1. The molecule has 1 aromatic heterocycles. The maximum atomic E-state index is 13.1. The predicted molar refractivity (Wildman–Crippen MR) is 93.5 cm³/mol. The molecule has 0 aliphatic carbocycles. The van der Waals surface area contributed by atoms with E-state index in [-0.39, 0.29) is 17.1 Å². The zero-order chi connectivity index (χ0) is 19.7. The third-order valence-electron chi connectivity index (χ3n) is 4.05. The normalized spacial score (nSPS) is 13.8. The van der Waals surface area contributed by atoms with Crippen LogP contribution in [0.3, 0.4) is 0 Å². The zero-order valence-electron chi connectivity index (χ0n) is 14.2. The molecule has 0 bridgehead atoms. The fraction of sp³-hybridized carbons (Fsp3) is 0.167. The van der Waals surface area contributed by atoms with Crippen molar-refractivity contribution in [2.24, 2.45) is 10.2 Å². The van der Waals surface area contributed by atoms with Crippen molar-refractivity contribution >= 4 is 11.4 Å². The van der Waals surface area contributed by atoms with E-state index in [1.54, 1.807) is 18.2 Å². The molecule has 0 atom stereocenters. The first-order valence-electron chi connectivity index (χ1n) is 8.22. The lowest BCUT2D eigenvalue weighted by Crippen LogP contribution is -2.15. The molecule has 1 aliphatic heterocycles. The Hall–Kier alpha value is -3.56. The molecule has 0 saturated carbocycles. The van der Waals surface area contributed by atoms with Crippen molar-refractivity contribution in [2.75, 3.05) is 13.2 Å². The van der Waals surface area contributed by atoms with Gasteiger partial charge in [-0.05, 0) is 30.3 Å². The monoisotopic (exact) mass is 390 g/mol. The highest BCUT2D eigenvalue weighted by Gasteiger charge is 2.33. The van der Waals surface area contributed by atoms with Gasteiger partial charge in [0, 0.05) is 5.56 Å². The van der Waals surface area contributed by atoms with Gasteiger partial charge >= 0.3 is 6.18 Å². The van der Waals surface area contributed by atoms with Crippen molar-refractivity contribution in [1.82, 2.24) is 10.2 Å². The van der Waals surface area contributed by atoms with Gasteiger partial charge in [0.05, 0.1) is 16.9 Å². The van der Waals surface area contributed by atoms with Crippen LogP contribution < -0.4 is 15.0 Å². The molecule has 1 aliphatic rings. The minimum atomic E-state index is -4.58. The van der Waals surface area contributed by atoms with Crippen molar-refractivity contribution in [2.45, 2.75) is 6.18 Å². The number of nitrogens with zero attached hydrogens (tertiary/aromatic N) is 2. The fourth-order valence-electron chi connectivity index (χ4n) is 2.76. The molecule has 0 saturated heterocycles. The van der Waals surface area contributed by atoms with Crippen molar-refractivity contribution < 1.29 is 22.6 Å². The van der Waals surface area contributed by atoms with Gasteiger partial charge in [-0.25, -0.2) is 0 Å². The number of halogens is 3. The third kappa shape index (κ3) is 3.36. The summed E-state index contributed by atoms with van der Waals surface area (Å²) in [5.41, 5.74) is -1.27. The summed E-state index contributed by atoms with van der Waals surface area (Å²) in [5, 5.41) is 12.5. The Morgan fingerprint density at radius 1 is 0.929 bits per heavy atom. The maximum Gasteiger partial charge on any atom is 0.418 e. The molecule has 2 aromatic carbocycles. The van der Waals surface area contributed by atoms with Crippen molar-refractivity contribution in [3.8, 4) is 22.8 Å². The molecule has 0 fully saturated rings. The third-order valence-corrected chi connectivity index (χ3v) is 4.05. The lowest BCUT2D eigenvalue weighted by molar-refractivity contribution is -0.137. The largest absolute Gasteiger partial charge is 0.486 e. The van der Waals surface area contributed by atoms with Gasteiger partial charge in [-0.1, -0.05) is 12.1 Å². The number of rotatable bonds is 3. The van der Waals surface area contributed by atoms with Gasteiger partial charge in [0.25, 0.3) is 5.56 Å². The fourth-order valence-corrected chi connectivity index (χ4v) is 2.76. The van der Waals surface area contributed by atoms with Gasteiger partial charge in [0.15, 0.2) is 17.2 Å². The van der Waals surface area contributed by atoms with Crippen LogP contribution in [0.25, 0.3) is 11.3 Å². The zero-order valence-corrected chi connectivity index (χ0v) is 14.2. The molecule has 28 heavy (non-hydrogen) atoms. The summed E-state index contributed by atoms with van der Waals surface area (Å²) in [7, 11) is 0. The number of ether oxygens (including phenoxy) is 2. The van der Waals surface area contributed by atoms with E-state index in [0.29, 0.717) is 30.3 Å². The van der Waals surface area contributed by atoms with Gasteiger partial charge in [-0.3, -0.25) is 15.0 Å². The maximum absolute atomic E-state index is 13.1. The molecular formula is C18H13F3N4O3. The number of nitrogens with one attached hydrogen (secondary N) is 2. The molecule has 2 heterocycles. The highest BCUT2D eigenvalue weighted by Crippen LogP contribution is 2.38. The van der Waals surface area contributed by atoms with Crippen LogP contribution in [-0.4, -0.2) is 23.4 Å². The molecule has 7 nitrogen and oxygen atoms in total. The van der Waals surface area contributed by atoms with E-state index in [1.165, 1.54) is 18.2 Å². The molecule has 0 spiro atoms. The Balaban J connectivity index is 1.73. The summed E-state index contributed by atoms with van der Waals surface area (Å²) < 4.78 is 50.2. The number of aromatic nitrogens is 2. The molecule has 10 heteroatoms. The summed E-state index contributed by atoms with van der Waals surface area (Å²) in [6.07, 6.45) is -4.58. The van der Waals surface area contributed by atoms with Crippen molar-refractivity contribution in [3.63, 3.8) is 0 Å². The van der Waals surface area contributed by atoms with E-state index in [0.717, 1.165) is 6.07 Å².